The van der Waals surface area contributed by atoms with E-state index in [1.165, 1.54) is 27.2 Å². The molecular weight excluding hydrogens is 1170 g/mol. The summed E-state index contributed by atoms with van der Waals surface area (Å²) in [5, 5.41) is 90.7. The SMILES string of the molecule is CO[C@@H]1[C@@H](O)[C@H](O[C@@H]2[C@@H](C)O[C@@H](O[C@H]3[C@@H](OC)C[C@H](O[C@H]4[C@@H](OC)C[C@H](O[C@H]5CC[C@@]6(C)C(=CC[C@]7(O)[C@@H]6C[C@@H](OC(=O)/C=C/c6ccccc6)[C@@]6(C)[C@]7(O)CC[C@]6(O)C(C)=O)C5)O[C@@H]4C)O[C@@H]3C)C[C@H]2OC)O[C@H](C)[C@@H]1O[C@@H]1O[C@H](CO)[C@@H](O)[C@H](O)[C@H]1O. The van der Waals surface area contributed by atoms with Gasteiger partial charge in [-0.05, 0) is 104 Å². The summed E-state index contributed by atoms with van der Waals surface area (Å²) < 4.78 is 93.6. The van der Waals surface area contributed by atoms with E-state index in [4.69, 9.17) is 71.1 Å². The van der Waals surface area contributed by atoms with E-state index in [9.17, 15) is 50.4 Å². The second-order valence-electron chi connectivity index (χ2n) is 26.6. The summed E-state index contributed by atoms with van der Waals surface area (Å²) in [6.07, 6.45) is -14.7. The largest absolute Gasteiger partial charge is 0.458 e. The highest BCUT2D eigenvalue weighted by molar-refractivity contribution is 5.89. The van der Waals surface area contributed by atoms with Gasteiger partial charge >= 0.3 is 5.97 Å². The maximum atomic E-state index is 13.7. The first-order chi connectivity index (χ1) is 42.2. The molecule has 1 aromatic rings. The second-order valence-corrected chi connectivity index (χ2v) is 26.6. The van der Waals surface area contributed by atoms with Gasteiger partial charge in [-0.1, -0.05) is 48.9 Å². The van der Waals surface area contributed by atoms with Crippen molar-refractivity contribution in [1.82, 2.24) is 0 Å². The highest BCUT2D eigenvalue weighted by Crippen LogP contribution is 2.71. The Labute approximate surface area is 520 Å². The molecule has 0 radical (unpaired) electrons. The number of hydrogen-bond acceptors (Lipinski definition) is 25. The number of hydrogen-bond donors (Lipinski definition) is 8. The number of aliphatic hydroxyl groups excluding tert-OH is 5. The molecule has 10 rings (SSSR count). The maximum Gasteiger partial charge on any atom is 0.331 e. The van der Waals surface area contributed by atoms with Gasteiger partial charge in [0.05, 0.1) is 60.9 Å². The van der Waals surface area contributed by atoms with Crippen LogP contribution in [0.15, 0.2) is 48.1 Å². The number of ketones is 1. The van der Waals surface area contributed by atoms with Crippen LogP contribution in [0.3, 0.4) is 0 Å². The summed E-state index contributed by atoms with van der Waals surface area (Å²) >= 11 is 0. The summed E-state index contributed by atoms with van der Waals surface area (Å²) in [6, 6.07) is 9.25. The molecule has 5 aliphatic heterocycles. The summed E-state index contributed by atoms with van der Waals surface area (Å²) in [5.74, 6) is -1.86. The lowest BCUT2D eigenvalue weighted by molar-refractivity contribution is -0.374. The summed E-state index contributed by atoms with van der Waals surface area (Å²) in [5.41, 5.74) is -6.41. The smallest absolute Gasteiger partial charge is 0.331 e. The van der Waals surface area contributed by atoms with Crippen LogP contribution < -0.4 is 0 Å². The van der Waals surface area contributed by atoms with Gasteiger partial charge in [-0.25, -0.2) is 4.79 Å². The van der Waals surface area contributed by atoms with Gasteiger partial charge in [0.15, 0.2) is 37.2 Å². The van der Waals surface area contributed by atoms with Crippen LogP contribution in [0.1, 0.15) is 118 Å². The van der Waals surface area contributed by atoms with E-state index in [0.29, 0.717) is 32.1 Å². The Bertz CT molecular complexity index is 2630. The van der Waals surface area contributed by atoms with Crippen molar-refractivity contribution in [2.75, 3.05) is 35.0 Å². The van der Waals surface area contributed by atoms with Crippen molar-refractivity contribution in [1.29, 1.82) is 0 Å². The number of carbonyl (C=O) groups is 2. The summed E-state index contributed by atoms with van der Waals surface area (Å²) in [4.78, 5) is 27.0. The van der Waals surface area contributed by atoms with Crippen LogP contribution in [0.25, 0.3) is 6.08 Å². The normalized spacial score (nSPS) is 49.3. The van der Waals surface area contributed by atoms with Crippen molar-refractivity contribution in [3.8, 4) is 0 Å². The first-order valence-electron chi connectivity index (χ1n) is 31.5. The highest BCUT2D eigenvalue weighted by atomic mass is 16.8. The number of aliphatic hydroxyl groups is 8. The molecule has 3 saturated carbocycles. The third kappa shape index (κ3) is 12.5. The average molecular weight is 1270 g/mol. The Hall–Kier alpha value is -3.04. The molecule has 1 aromatic carbocycles. The fraction of sp³-hybridized carbons (Fsp3) is 0.812. The molecule has 5 saturated heterocycles. The van der Waals surface area contributed by atoms with Crippen molar-refractivity contribution in [2.24, 2.45) is 16.7 Å². The molecule has 89 heavy (non-hydrogen) atoms. The minimum absolute atomic E-state index is 0.0602. The van der Waals surface area contributed by atoms with Gasteiger partial charge in [-0.15, -0.1) is 0 Å². The van der Waals surface area contributed by atoms with E-state index in [0.717, 1.165) is 11.1 Å². The van der Waals surface area contributed by atoms with Gasteiger partial charge in [-0.3, -0.25) is 4.79 Å². The minimum atomic E-state index is -2.07. The molecule has 5 heterocycles. The van der Waals surface area contributed by atoms with Gasteiger partial charge in [0.1, 0.15) is 83.9 Å². The van der Waals surface area contributed by atoms with Crippen molar-refractivity contribution in [3.63, 3.8) is 0 Å². The van der Waals surface area contributed by atoms with Crippen molar-refractivity contribution < 1.29 is 121 Å². The maximum absolute atomic E-state index is 13.7. The van der Waals surface area contributed by atoms with Crippen LogP contribution >= 0.6 is 0 Å². The number of benzene rings is 1. The zero-order valence-corrected chi connectivity index (χ0v) is 52.8. The van der Waals surface area contributed by atoms with Gasteiger partial charge in [0, 0.05) is 59.7 Å². The monoisotopic (exact) mass is 1260 g/mol. The third-order valence-corrected chi connectivity index (χ3v) is 21.8. The lowest BCUT2D eigenvalue weighted by Gasteiger charge is -2.67. The standard InChI is InChI=1S/C64H96O25/c1-31-53(86-47-27-40(76-9)54(32(2)80-47)87-48-28-41(77-10)55(33(3)81-48)88-59-52(71)57(78-11)56(34(4)82-59)89-58-51(70)50(69)49(68)42(30-65)84-58)39(75-8)26-46(79-31)83-38-20-21-60(6)37(25-38)19-22-63(73)43(60)29-44(85-45(67)18-17-36-15-13-12-14-16-36)61(7)62(72,35(5)66)23-24-64(61,63)74/h12-19,31-34,38-44,46-59,65,68-74H,20-30H2,1-11H3/b18-17+/t31-,32-,33-,34-,38+,39+,40+,41-,42-,43-,44-,46+,47+,48+,49-,50+,51-,52-,53-,54-,55-,56+,57-,58+,59+,60+,61-,62+,63+,64-/m1/s1. The van der Waals surface area contributed by atoms with Gasteiger partial charge in [0.25, 0.3) is 0 Å². The van der Waals surface area contributed by atoms with Crippen molar-refractivity contribution in [2.45, 2.75) is 277 Å². The minimum Gasteiger partial charge on any atom is -0.458 e. The van der Waals surface area contributed by atoms with Gasteiger partial charge < -0.3 is 112 Å². The fourth-order valence-corrected chi connectivity index (χ4v) is 16.5. The number of carbonyl (C=O) groups excluding carboxylic acids is 2. The molecule has 25 nitrogen and oxygen atoms in total. The molecule has 8 fully saturated rings. The molecule has 0 aromatic heterocycles. The summed E-state index contributed by atoms with van der Waals surface area (Å²) in [7, 11) is 6.10. The summed E-state index contributed by atoms with van der Waals surface area (Å²) in [6.45, 7) is 11.5. The Morgan fingerprint density at radius 2 is 1.16 bits per heavy atom. The number of Topliss-reactive ketones (excluding diaryl/α,β-unsaturated/α-hetero) is 1. The lowest BCUT2D eigenvalue weighted by Crippen LogP contribution is -2.78. The predicted molar refractivity (Wildman–Crippen MR) is 310 cm³/mol. The quantitative estimate of drug-likeness (QED) is 0.0558. The number of rotatable bonds is 19. The Morgan fingerprint density at radius 1 is 0.618 bits per heavy atom. The van der Waals surface area contributed by atoms with E-state index in [1.54, 1.807) is 41.1 Å². The Kier molecular flexibility index (Phi) is 21.2. The molecule has 4 aliphatic carbocycles. The topological polar surface area (TPSA) is 334 Å². The van der Waals surface area contributed by atoms with Crippen LogP contribution in [-0.4, -0.2) is 252 Å². The second kappa shape index (κ2) is 27.4. The molecular formula is C64H96O25. The van der Waals surface area contributed by atoms with E-state index < -0.39 is 193 Å². The number of methoxy groups -OCH3 is 4. The molecule has 30 atom stereocenters. The van der Waals surface area contributed by atoms with E-state index in [1.807, 2.05) is 50.3 Å². The zero-order valence-electron chi connectivity index (χ0n) is 52.8. The predicted octanol–water partition coefficient (Wildman–Crippen LogP) is 2.03. The molecule has 9 aliphatic rings. The molecule has 25 heteroatoms. The zero-order chi connectivity index (χ0) is 64.3. The third-order valence-electron chi connectivity index (χ3n) is 21.8. The van der Waals surface area contributed by atoms with Crippen molar-refractivity contribution in [3.05, 3.63) is 53.6 Å². The molecule has 0 bridgehead atoms. The lowest BCUT2D eigenvalue weighted by atomic mass is 9.42. The first-order valence-corrected chi connectivity index (χ1v) is 31.5. The van der Waals surface area contributed by atoms with Crippen molar-refractivity contribution >= 4 is 17.8 Å². The Balaban J connectivity index is 0.728. The number of esters is 1. The fourth-order valence-electron chi connectivity index (χ4n) is 16.5. The van der Waals surface area contributed by atoms with E-state index in [2.05, 4.69) is 6.92 Å². The van der Waals surface area contributed by atoms with Crippen LogP contribution in [0, 0.1) is 16.7 Å². The van der Waals surface area contributed by atoms with Gasteiger partial charge in [-0.2, -0.15) is 0 Å². The number of ether oxygens (including phenoxy) is 15. The molecule has 0 spiro atoms. The van der Waals surface area contributed by atoms with Crippen LogP contribution in [0.4, 0.5) is 0 Å². The van der Waals surface area contributed by atoms with Gasteiger partial charge in [0.2, 0.25) is 0 Å². The molecule has 0 amide bonds. The van der Waals surface area contributed by atoms with E-state index >= 15 is 0 Å². The average Bonchev–Trinajstić information content (AvgIpc) is 1.61. The Morgan fingerprint density at radius 3 is 1.71 bits per heavy atom. The highest BCUT2D eigenvalue weighted by Gasteiger charge is 2.81. The van der Waals surface area contributed by atoms with Crippen LogP contribution in [0.2, 0.25) is 0 Å². The molecule has 8 N–H and O–H groups in total. The molecule has 0 unspecified atom stereocenters. The first kappa shape index (κ1) is 68.8. The van der Waals surface area contributed by atoms with Crippen LogP contribution in [-0.2, 0) is 80.6 Å². The van der Waals surface area contributed by atoms with E-state index in [-0.39, 0.29) is 38.2 Å². The van der Waals surface area contributed by atoms with Crippen LogP contribution in [0.5, 0.6) is 0 Å². The number of fused-ring (bicyclic) bond motifs is 5. The molecule has 502 valence electrons.